The van der Waals surface area contributed by atoms with Gasteiger partial charge in [-0.3, -0.25) is 13.9 Å². The summed E-state index contributed by atoms with van der Waals surface area (Å²) >= 11 is 0. The molecule has 0 fully saturated rings. The minimum Gasteiger partial charge on any atom is -0.338 e. The first-order chi connectivity index (χ1) is 11.6. The van der Waals surface area contributed by atoms with Crippen LogP contribution in [0.25, 0.3) is 11.2 Å². The summed E-state index contributed by atoms with van der Waals surface area (Å²) in [7, 11) is 1.67. The molecule has 3 heterocycles. The summed E-state index contributed by atoms with van der Waals surface area (Å²) in [6.45, 7) is 6.52. The number of allylic oxidation sites excluding steroid dienone is 3. The predicted molar refractivity (Wildman–Crippen MR) is 95.7 cm³/mol. The molecule has 0 unspecified atom stereocenters. The Balaban J connectivity index is 2.26. The zero-order chi connectivity index (χ0) is 17.3. The summed E-state index contributed by atoms with van der Waals surface area (Å²) in [6.07, 6.45) is 8.66. The maximum absolute atomic E-state index is 12.9. The molecule has 1 aliphatic rings. The Bertz CT molecular complexity index is 929. The van der Waals surface area contributed by atoms with Gasteiger partial charge in [0.1, 0.15) is 0 Å². The number of imidazole rings is 1. The monoisotopic (exact) mass is 329 g/mol. The van der Waals surface area contributed by atoms with Crippen LogP contribution in [0.5, 0.6) is 0 Å². The predicted octanol–water partition coefficient (Wildman–Crippen LogP) is 1.26. The topological polar surface area (TPSA) is 65.1 Å². The van der Waals surface area contributed by atoms with Gasteiger partial charge in [0.25, 0.3) is 5.56 Å². The third kappa shape index (κ3) is 2.50. The zero-order valence-corrected chi connectivity index (χ0v) is 14.4. The Hall–Kier alpha value is -2.57. The summed E-state index contributed by atoms with van der Waals surface area (Å²) in [5.41, 5.74) is 0.379. The molecule has 2 aromatic heterocycles. The van der Waals surface area contributed by atoms with Gasteiger partial charge in [-0.1, -0.05) is 24.3 Å². The van der Waals surface area contributed by atoms with Crippen molar-refractivity contribution in [2.75, 3.05) is 18.0 Å². The van der Waals surface area contributed by atoms with E-state index in [0.29, 0.717) is 11.2 Å². The van der Waals surface area contributed by atoms with E-state index in [1.807, 2.05) is 30.6 Å². The number of fused-ring (bicyclic) bond motifs is 3. The first-order valence-electron chi connectivity index (χ1n) is 8.27. The fraction of sp³-hybridized carbons (Fsp3) is 0.471. The highest BCUT2D eigenvalue weighted by molar-refractivity contribution is 5.75. The van der Waals surface area contributed by atoms with Gasteiger partial charge in [0.05, 0.1) is 0 Å². The van der Waals surface area contributed by atoms with E-state index in [-0.39, 0.29) is 17.8 Å². The van der Waals surface area contributed by atoms with Crippen molar-refractivity contribution in [3.05, 3.63) is 45.1 Å². The molecule has 0 saturated heterocycles. The van der Waals surface area contributed by atoms with Crippen LogP contribution in [0.15, 0.2) is 33.9 Å². The molecule has 0 bridgehead atoms. The third-order valence-electron chi connectivity index (χ3n) is 4.39. The number of aromatic nitrogens is 4. The first kappa shape index (κ1) is 16.3. The lowest BCUT2D eigenvalue weighted by Crippen LogP contribution is -2.39. The first-order valence-corrected chi connectivity index (χ1v) is 8.27. The van der Waals surface area contributed by atoms with Crippen LogP contribution in [0, 0.1) is 0 Å². The van der Waals surface area contributed by atoms with Gasteiger partial charge in [0.2, 0.25) is 5.95 Å². The fourth-order valence-electron chi connectivity index (χ4n) is 3.11. The van der Waals surface area contributed by atoms with E-state index in [0.717, 1.165) is 32.0 Å². The van der Waals surface area contributed by atoms with Gasteiger partial charge in [-0.2, -0.15) is 4.98 Å². The van der Waals surface area contributed by atoms with Gasteiger partial charge in [-0.25, -0.2) is 4.79 Å². The lowest BCUT2D eigenvalue weighted by Gasteiger charge is -2.27. The molecular formula is C17H23N5O2. The number of hydrogen-bond acceptors (Lipinski definition) is 4. The lowest BCUT2D eigenvalue weighted by atomic mass is 10.3. The van der Waals surface area contributed by atoms with E-state index in [1.54, 1.807) is 13.1 Å². The highest BCUT2D eigenvalue weighted by atomic mass is 16.2. The Morgan fingerprint density at radius 1 is 1.08 bits per heavy atom. The summed E-state index contributed by atoms with van der Waals surface area (Å²) < 4.78 is 4.69. The molecule has 0 atom stereocenters. The van der Waals surface area contributed by atoms with E-state index in [1.165, 1.54) is 9.13 Å². The molecule has 1 aliphatic heterocycles. The van der Waals surface area contributed by atoms with E-state index in [4.69, 9.17) is 0 Å². The minimum atomic E-state index is -0.332. The van der Waals surface area contributed by atoms with E-state index in [2.05, 4.69) is 16.0 Å². The smallest absolute Gasteiger partial charge is 0.332 e. The van der Waals surface area contributed by atoms with Crippen LogP contribution in [0.2, 0.25) is 0 Å². The highest BCUT2D eigenvalue weighted by Gasteiger charge is 2.25. The van der Waals surface area contributed by atoms with Crippen molar-refractivity contribution >= 4 is 17.1 Å². The molecular weight excluding hydrogens is 306 g/mol. The molecule has 0 aliphatic carbocycles. The summed E-state index contributed by atoms with van der Waals surface area (Å²) in [5.74, 6) is 0.769. The van der Waals surface area contributed by atoms with Crippen LogP contribution in [0.1, 0.15) is 20.3 Å². The molecule has 2 aromatic rings. The van der Waals surface area contributed by atoms with E-state index in [9.17, 15) is 9.59 Å². The standard InChI is InChI=1S/C17H23N5O2/c1-4-6-9-20-10-8-12-21-13-14(18-16(20)21)19(3)17(24)22(15(13)23)11-7-5-2/h4-7H,8-12H2,1-3H3. The van der Waals surface area contributed by atoms with Crippen molar-refractivity contribution in [1.82, 2.24) is 18.7 Å². The Labute approximate surface area is 140 Å². The molecule has 0 N–H and O–H groups in total. The van der Waals surface area contributed by atoms with Gasteiger partial charge in [-0.15, -0.1) is 0 Å². The van der Waals surface area contributed by atoms with Gasteiger partial charge in [0.15, 0.2) is 11.2 Å². The van der Waals surface area contributed by atoms with Crippen molar-refractivity contribution in [3.63, 3.8) is 0 Å². The second-order valence-electron chi connectivity index (χ2n) is 5.93. The van der Waals surface area contributed by atoms with Crippen LogP contribution >= 0.6 is 0 Å². The molecule has 24 heavy (non-hydrogen) atoms. The van der Waals surface area contributed by atoms with Crippen molar-refractivity contribution in [1.29, 1.82) is 0 Å². The second-order valence-corrected chi connectivity index (χ2v) is 5.93. The minimum absolute atomic E-state index is 0.266. The molecule has 0 amide bonds. The Morgan fingerprint density at radius 2 is 1.79 bits per heavy atom. The average Bonchev–Trinajstić information content (AvgIpc) is 2.98. The summed E-state index contributed by atoms with van der Waals surface area (Å²) in [6, 6.07) is 0. The molecule has 3 rings (SSSR count). The quantitative estimate of drug-likeness (QED) is 0.792. The number of rotatable bonds is 4. The van der Waals surface area contributed by atoms with Crippen LogP contribution in [-0.4, -0.2) is 31.8 Å². The second kappa shape index (κ2) is 6.51. The normalized spacial score (nSPS) is 15.0. The Kier molecular flexibility index (Phi) is 4.42. The Morgan fingerprint density at radius 3 is 2.50 bits per heavy atom. The van der Waals surface area contributed by atoms with Gasteiger partial charge in [0, 0.05) is 33.2 Å². The van der Waals surface area contributed by atoms with E-state index < -0.39 is 0 Å². The van der Waals surface area contributed by atoms with E-state index >= 15 is 0 Å². The molecule has 128 valence electrons. The van der Waals surface area contributed by atoms with Crippen molar-refractivity contribution in [2.24, 2.45) is 7.05 Å². The van der Waals surface area contributed by atoms with Crippen LogP contribution in [-0.2, 0) is 20.1 Å². The fourth-order valence-corrected chi connectivity index (χ4v) is 3.11. The van der Waals surface area contributed by atoms with Crippen LogP contribution in [0.3, 0.4) is 0 Å². The van der Waals surface area contributed by atoms with Crippen molar-refractivity contribution in [2.45, 2.75) is 33.4 Å². The lowest BCUT2D eigenvalue weighted by molar-refractivity contribution is 0.576. The molecule has 0 radical (unpaired) electrons. The number of anilines is 1. The molecule has 0 spiro atoms. The van der Waals surface area contributed by atoms with Crippen molar-refractivity contribution in [3.8, 4) is 0 Å². The number of hydrogen-bond donors (Lipinski definition) is 0. The maximum Gasteiger partial charge on any atom is 0.332 e. The van der Waals surface area contributed by atoms with Crippen LogP contribution in [0.4, 0.5) is 5.95 Å². The molecule has 7 heteroatoms. The molecule has 7 nitrogen and oxygen atoms in total. The number of nitrogens with zero attached hydrogens (tertiary/aromatic N) is 5. The largest absolute Gasteiger partial charge is 0.338 e. The molecule has 0 aromatic carbocycles. The summed E-state index contributed by atoms with van der Waals surface area (Å²) in [4.78, 5) is 32.1. The van der Waals surface area contributed by atoms with Gasteiger partial charge < -0.3 is 9.47 Å². The maximum atomic E-state index is 12.9. The third-order valence-corrected chi connectivity index (χ3v) is 4.39. The zero-order valence-electron chi connectivity index (χ0n) is 14.4. The SMILES string of the molecule is CC=CCN1CCCn2c1nc1c2c(=O)n(CC=CC)c(=O)n1C. The van der Waals surface area contributed by atoms with Crippen LogP contribution < -0.4 is 16.1 Å². The van der Waals surface area contributed by atoms with Gasteiger partial charge in [-0.05, 0) is 20.3 Å². The summed E-state index contributed by atoms with van der Waals surface area (Å²) in [5, 5.41) is 0. The van der Waals surface area contributed by atoms with Crippen molar-refractivity contribution < 1.29 is 0 Å². The highest BCUT2D eigenvalue weighted by Crippen LogP contribution is 2.24. The number of aryl methyl sites for hydroxylation is 2. The average molecular weight is 329 g/mol. The molecule has 0 saturated carbocycles. The van der Waals surface area contributed by atoms with Gasteiger partial charge >= 0.3 is 5.69 Å².